The van der Waals surface area contributed by atoms with Gasteiger partial charge in [0.05, 0.1) is 6.10 Å². The Labute approximate surface area is 85.8 Å². The van der Waals surface area contributed by atoms with Crippen LogP contribution in [-0.2, 0) is 6.42 Å². The molecule has 1 N–H and O–H groups in total. The first-order valence-corrected chi connectivity index (χ1v) is 5.50. The predicted octanol–water partition coefficient (Wildman–Crippen LogP) is 2.94. The summed E-state index contributed by atoms with van der Waals surface area (Å²) < 4.78 is 0. The summed E-state index contributed by atoms with van der Waals surface area (Å²) in [5, 5.41) is 10.1. The first-order valence-electron chi connectivity index (χ1n) is 5.50. The Morgan fingerprint density at radius 1 is 1.43 bits per heavy atom. The van der Waals surface area contributed by atoms with Crippen molar-refractivity contribution in [1.82, 2.24) is 0 Å². The number of aliphatic hydroxyl groups excluding tert-OH is 1. The zero-order chi connectivity index (χ0) is 10.1. The van der Waals surface area contributed by atoms with Crippen molar-refractivity contribution in [2.24, 2.45) is 11.8 Å². The number of aryl methyl sites for hydroxylation is 1. The molecule has 1 aliphatic rings. The van der Waals surface area contributed by atoms with Gasteiger partial charge < -0.3 is 5.11 Å². The van der Waals surface area contributed by atoms with Crippen molar-refractivity contribution in [1.29, 1.82) is 0 Å². The van der Waals surface area contributed by atoms with Gasteiger partial charge in [-0.25, -0.2) is 0 Å². The molecule has 0 saturated heterocycles. The second-order valence-corrected chi connectivity index (χ2v) is 4.37. The van der Waals surface area contributed by atoms with Gasteiger partial charge in [-0.05, 0) is 35.8 Å². The number of rotatable bonds is 3. The normalized spacial score (nSPS) is 27.4. The van der Waals surface area contributed by atoms with E-state index in [1.165, 1.54) is 12.0 Å². The molecule has 0 heterocycles. The van der Waals surface area contributed by atoms with E-state index >= 15 is 0 Å². The highest BCUT2D eigenvalue weighted by molar-refractivity contribution is 5.30. The van der Waals surface area contributed by atoms with E-state index in [1.54, 1.807) is 0 Å². The van der Waals surface area contributed by atoms with E-state index in [-0.39, 0.29) is 6.10 Å². The van der Waals surface area contributed by atoms with E-state index < -0.39 is 0 Å². The van der Waals surface area contributed by atoms with Crippen LogP contribution in [0.2, 0.25) is 0 Å². The summed E-state index contributed by atoms with van der Waals surface area (Å²) in [7, 11) is 0. The Morgan fingerprint density at radius 3 is 2.64 bits per heavy atom. The van der Waals surface area contributed by atoms with Crippen LogP contribution in [0.1, 0.15) is 37.5 Å². The van der Waals surface area contributed by atoms with Gasteiger partial charge in [0.25, 0.3) is 0 Å². The van der Waals surface area contributed by atoms with E-state index in [0.717, 1.165) is 12.0 Å². The van der Waals surface area contributed by atoms with Crippen molar-refractivity contribution in [3.8, 4) is 0 Å². The van der Waals surface area contributed by atoms with Crippen LogP contribution in [0.25, 0.3) is 0 Å². The summed E-state index contributed by atoms with van der Waals surface area (Å²) in [5.74, 6) is 1.21. The highest BCUT2D eigenvalue weighted by Gasteiger charge is 2.39. The van der Waals surface area contributed by atoms with Crippen molar-refractivity contribution < 1.29 is 5.11 Å². The minimum absolute atomic E-state index is 0.235. The smallest absolute Gasteiger partial charge is 0.0823 e. The molecule has 0 aliphatic heterocycles. The van der Waals surface area contributed by atoms with Crippen LogP contribution in [0.3, 0.4) is 0 Å². The molecule has 0 spiro atoms. The molecule has 1 heteroatoms. The van der Waals surface area contributed by atoms with Gasteiger partial charge in [-0.2, -0.15) is 0 Å². The molecule has 0 bridgehead atoms. The van der Waals surface area contributed by atoms with Gasteiger partial charge in [-0.15, -0.1) is 0 Å². The van der Waals surface area contributed by atoms with E-state index in [0.29, 0.717) is 11.8 Å². The first-order chi connectivity index (χ1) is 6.74. The summed E-state index contributed by atoms with van der Waals surface area (Å²) in [6.45, 7) is 4.35. The summed E-state index contributed by atoms with van der Waals surface area (Å²) in [5.41, 5.74) is 2.43. The zero-order valence-corrected chi connectivity index (χ0v) is 8.90. The van der Waals surface area contributed by atoms with Gasteiger partial charge in [0.1, 0.15) is 0 Å². The average molecular weight is 190 g/mol. The Hall–Kier alpha value is -0.820. The minimum Gasteiger partial charge on any atom is -0.388 e. The molecular weight excluding hydrogens is 172 g/mol. The molecule has 0 aromatic heterocycles. The maximum absolute atomic E-state index is 10.1. The molecule has 14 heavy (non-hydrogen) atoms. The van der Waals surface area contributed by atoms with Crippen molar-refractivity contribution in [2.45, 2.75) is 32.8 Å². The van der Waals surface area contributed by atoms with Crippen LogP contribution < -0.4 is 0 Å². The molecule has 3 unspecified atom stereocenters. The fourth-order valence-electron chi connectivity index (χ4n) is 2.17. The number of benzene rings is 1. The van der Waals surface area contributed by atoms with Gasteiger partial charge in [-0.1, -0.05) is 38.1 Å². The number of hydrogen-bond acceptors (Lipinski definition) is 1. The van der Waals surface area contributed by atoms with Gasteiger partial charge in [-0.3, -0.25) is 0 Å². The molecule has 1 aliphatic carbocycles. The Morgan fingerprint density at radius 2 is 2.07 bits per heavy atom. The quantitative estimate of drug-likeness (QED) is 0.777. The first kappa shape index (κ1) is 9.72. The largest absolute Gasteiger partial charge is 0.388 e. The fourth-order valence-corrected chi connectivity index (χ4v) is 2.17. The van der Waals surface area contributed by atoms with Crippen molar-refractivity contribution in [2.75, 3.05) is 0 Å². The molecule has 0 radical (unpaired) electrons. The van der Waals surface area contributed by atoms with Crippen molar-refractivity contribution >= 4 is 0 Å². The third-order valence-corrected chi connectivity index (χ3v) is 3.33. The Bertz CT molecular complexity index is 319. The lowest BCUT2D eigenvalue weighted by molar-refractivity contribution is 0.147. The van der Waals surface area contributed by atoms with Crippen molar-refractivity contribution in [3.63, 3.8) is 0 Å². The number of hydrogen-bond donors (Lipinski definition) is 1. The second kappa shape index (κ2) is 3.74. The molecule has 0 amide bonds. The topological polar surface area (TPSA) is 20.2 Å². The molecule has 1 saturated carbocycles. The zero-order valence-electron chi connectivity index (χ0n) is 8.90. The fraction of sp³-hybridized carbons (Fsp3) is 0.538. The molecule has 1 nitrogen and oxygen atoms in total. The lowest BCUT2D eigenvalue weighted by Crippen LogP contribution is -2.04. The Kier molecular flexibility index (Phi) is 2.60. The molecule has 2 rings (SSSR count). The van der Waals surface area contributed by atoms with Crippen LogP contribution in [0.5, 0.6) is 0 Å². The maximum Gasteiger partial charge on any atom is 0.0823 e. The average Bonchev–Trinajstić information content (AvgIpc) is 2.94. The van der Waals surface area contributed by atoms with E-state index in [2.05, 4.69) is 26.0 Å². The monoisotopic (exact) mass is 190 g/mol. The summed E-state index contributed by atoms with van der Waals surface area (Å²) in [4.78, 5) is 0. The highest BCUT2D eigenvalue weighted by atomic mass is 16.3. The van der Waals surface area contributed by atoms with Gasteiger partial charge in [0.2, 0.25) is 0 Å². The lowest BCUT2D eigenvalue weighted by atomic mass is 9.97. The molecule has 76 valence electrons. The van der Waals surface area contributed by atoms with Crippen LogP contribution in [-0.4, -0.2) is 5.11 Å². The van der Waals surface area contributed by atoms with Gasteiger partial charge >= 0.3 is 0 Å². The van der Waals surface area contributed by atoms with Crippen molar-refractivity contribution in [3.05, 3.63) is 35.4 Å². The van der Waals surface area contributed by atoms with Crippen LogP contribution >= 0.6 is 0 Å². The molecular formula is C13H18O. The highest BCUT2D eigenvalue weighted by Crippen LogP contribution is 2.47. The predicted molar refractivity (Wildman–Crippen MR) is 58.1 cm³/mol. The van der Waals surface area contributed by atoms with Crippen LogP contribution in [0, 0.1) is 11.8 Å². The minimum atomic E-state index is -0.235. The second-order valence-electron chi connectivity index (χ2n) is 4.37. The summed E-state index contributed by atoms with van der Waals surface area (Å²) >= 11 is 0. The Balaban J connectivity index is 2.22. The molecule has 3 atom stereocenters. The summed E-state index contributed by atoms with van der Waals surface area (Å²) in [6.07, 6.45) is 1.95. The van der Waals surface area contributed by atoms with Gasteiger partial charge in [0, 0.05) is 0 Å². The molecule has 1 aromatic carbocycles. The van der Waals surface area contributed by atoms with E-state index in [4.69, 9.17) is 0 Å². The SMILES string of the molecule is CCc1ccccc1C(O)C1CC1C. The van der Waals surface area contributed by atoms with Crippen LogP contribution in [0.15, 0.2) is 24.3 Å². The van der Waals surface area contributed by atoms with Gasteiger partial charge in [0.15, 0.2) is 0 Å². The number of aliphatic hydroxyl groups is 1. The lowest BCUT2D eigenvalue weighted by Gasteiger charge is -2.14. The maximum atomic E-state index is 10.1. The van der Waals surface area contributed by atoms with Crippen LogP contribution in [0.4, 0.5) is 0 Å². The molecule has 1 fully saturated rings. The molecule has 1 aromatic rings. The summed E-state index contributed by atoms with van der Waals surface area (Å²) in [6, 6.07) is 8.25. The van der Waals surface area contributed by atoms with E-state index in [9.17, 15) is 5.11 Å². The third-order valence-electron chi connectivity index (χ3n) is 3.33. The van der Waals surface area contributed by atoms with E-state index in [1.807, 2.05) is 12.1 Å². The standard InChI is InChI=1S/C13H18O/c1-3-10-6-4-5-7-11(10)13(14)12-8-9(12)2/h4-7,9,12-14H,3,8H2,1-2H3. The third kappa shape index (κ3) is 1.69.